The maximum atomic E-state index is 12.3. The molecule has 20 heavy (non-hydrogen) atoms. The molecule has 2 unspecified atom stereocenters. The minimum atomic E-state index is -0.0570. The zero-order valence-electron chi connectivity index (χ0n) is 12.2. The van der Waals surface area contributed by atoms with Crippen LogP contribution in [0.15, 0.2) is 18.5 Å². The number of amides is 1. The third kappa shape index (κ3) is 3.70. The van der Waals surface area contributed by atoms with Crippen LogP contribution in [0.25, 0.3) is 0 Å². The summed E-state index contributed by atoms with van der Waals surface area (Å²) in [5, 5.41) is 6.34. The van der Waals surface area contributed by atoms with Crippen LogP contribution < -0.4 is 10.6 Å². The molecule has 0 aliphatic heterocycles. The lowest BCUT2D eigenvalue weighted by Crippen LogP contribution is -2.34. The molecular formula is C15H23N3O2. The van der Waals surface area contributed by atoms with E-state index in [0.29, 0.717) is 5.56 Å². The first-order chi connectivity index (χ1) is 9.74. The predicted octanol–water partition coefficient (Wildman–Crippen LogP) is 2.20. The number of nitrogens with zero attached hydrogens (tertiary/aromatic N) is 1. The van der Waals surface area contributed by atoms with E-state index in [1.807, 2.05) is 6.07 Å². The van der Waals surface area contributed by atoms with E-state index in [-0.39, 0.29) is 18.1 Å². The van der Waals surface area contributed by atoms with Gasteiger partial charge in [-0.1, -0.05) is 6.92 Å². The minimum absolute atomic E-state index is 0.0570. The molecule has 0 radical (unpaired) electrons. The summed E-state index contributed by atoms with van der Waals surface area (Å²) in [5.74, 6) is -0.0570. The Balaban J connectivity index is 1.98. The van der Waals surface area contributed by atoms with Crippen molar-refractivity contribution >= 4 is 11.6 Å². The van der Waals surface area contributed by atoms with Gasteiger partial charge in [0.25, 0.3) is 5.91 Å². The van der Waals surface area contributed by atoms with Crippen molar-refractivity contribution in [2.45, 2.75) is 44.8 Å². The van der Waals surface area contributed by atoms with Crippen LogP contribution in [0.5, 0.6) is 0 Å². The normalized spacial score (nSPS) is 21.7. The number of carbonyl (C=O) groups is 1. The molecule has 5 nitrogen and oxygen atoms in total. The van der Waals surface area contributed by atoms with Gasteiger partial charge in [0, 0.05) is 32.1 Å². The molecule has 5 heteroatoms. The number of anilines is 1. The smallest absolute Gasteiger partial charge is 0.255 e. The molecule has 1 aliphatic rings. The quantitative estimate of drug-likeness (QED) is 0.836. The highest BCUT2D eigenvalue weighted by molar-refractivity contribution is 5.99. The molecule has 1 saturated carbocycles. The molecule has 2 atom stereocenters. The molecule has 0 aromatic carbocycles. The molecule has 2 N–H and O–H groups in total. The third-order valence-corrected chi connectivity index (χ3v) is 3.68. The fourth-order valence-corrected chi connectivity index (χ4v) is 2.54. The van der Waals surface area contributed by atoms with Crippen LogP contribution in [-0.4, -0.2) is 36.7 Å². The highest BCUT2D eigenvalue weighted by Gasteiger charge is 2.26. The van der Waals surface area contributed by atoms with Crippen LogP contribution in [0.1, 0.15) is 43.0 Å². The molecule has 2 rings (SSSR count). The summed E-state index contributed by atoms with van der Waals surface area (Å²) < 4.78 is 5.33. The number of ether oxygens (including phenoxy) is 1. The van der Waals surface area contributed by atoms with Gasteiger partial charge in [0.1, 0.15) is 0 Å². The lowest BCUT2D eigenvalue weighted by Gasteiger charge is -2.15. The van der Waals surface area contributed by atoms with Gasteiger partial charge < -0.3 is 15.4 Å². The summed E-state index contributed by atoms with van der Waals surface area (Å²) in [6.45, 7) is 2.94. The Morgan fingerprint density at radius 3 is 3.05 bits per heavy atom. The predicted molar refractivity (Wildman–Crippen MR) is 78.9 cm³/mol. The Morgan fingerprint density at radius 2 is 2.35 bits per heavy atom. The zero-order valence-corrected chi connectivity index (χ0v) is 12.2. The second-order valence-corrected chi connectivity index (χ2v) is 5.19. The summed E-state index contributed by atoms with van der Waals surface area (Å²) in [7, 11) is 1.72. The summed E-state index contributed by atoms with van der Waals surface area (Å²) in [4.78, 5) is 16.4. The van der Waals surface area contributed by atoms with Gasteiger partial charge in [-0.3, -0.25) is 9.78 Å². The van der Waals surface area contributed by atoms with Crippen molar-refractivity contribution in [3.8, 4) is 0 Å². The van der Waals surface area contributed by atoms with Gasteiger partial charge in [-0.05, 0) is 31.7 Å². The summed E-state index contributed by atoms with van der Waals surface area (Å²) in [6.07, 6.45) is 7.48. The SMILES string of the molecule is CCCNc1ccncc1C(=O)NC1CCC(OC)C1. The van der Waals surface area contributed by atoms with Crippen molar-refractivity contribution in [1.29, 1.82) is 0 Å². The van der Waals surface area contributed by atoms with E-state index in [1.165, 1.54) is 0 Å². The van der Waals surface area contributed by atoms with Crippen molar-refractivity contribution in [2.75, 3.05) is 19.0 Å². The number of hydrogen-bond donors (Lipinski definition) is 2. The Labute approximate surface area is 120 Å². The van der Waals surface area contributed by atoms with Crippen molar-refractivity contribution in [3.05, 3.63) is 24.0 Å². The second-order valence-electron chi connectivity index (χ2n) is 5.19. The summed E-state index contributed by atoms with van der Waals surface area (Å²) in [5.41, 5.74) is 1.46. The number of hydrogen-bond acceptors (Lipinski definition) is 4. The topological polar surface area (TPSA) is 63.2 Å². The molecule has 1 fully saturated rings. The second kappa shape index (κ2) is 7.24. The summed E-state index contributed by atoms with van der Waals surface area (Å²) >= 11 is 0. The van der Waals surface area contributed by atoms with Gasteiger partial charge in [0.2, 0.25) is 0 Å². The van der Waals surface area contributed by atoms with Gasteiger partial charge in [-0.2, -0.15) is 0 Å². The lowest BCUT2D eigenvalue weighted by molar-refractivity contribution is 0.0915. The van der Waals surface area contributed by atoms with Crippen LogP contribution >= 0.6 is 0 Å². The molecule has 1 heterocycles. The molecule has 1 amide bonds. The van der Waals surface area contributed by atoms with E-state index in [2.05, 4.69) is 22.5 Å². The molecule has 1 aliphatic carbocycles. The van der Waals surface area contributed by atoms with Crippen LogP contribution in [0.3, 0.4) is 0 Å². The van der Waals surface area contributed by atoms with E-state index in [1.54, 1.807) is 19.5 Å². The molecule has 0 bridgehead atoms. The van der Waals surface area contributed by atoms with E-state index >= 15 is 0 Å². The fraction of sp³-hybridized carbons (Fsp3) is 0.600. The van der Waals surface area contributed by atoms with Gasteiger partial charge in [0.05, 0.1) is 17.4 Å². The van der Waals surface area contributed by atoms with E-state index in [0.717, 1.165) is 37.9 Å². The minimum Gasteiger partial charge on any atom is -0.384 e. The number of carbonyl (C=O) groups excluding carboxylic acids is 1. The van der Waals surface area contributed by atoms with Crippen molar-refractivity contribution in [3.63, 3.8) is 0 Å². The Kier molecular flexibility index (Phi) is 5.35. The van der Waals surface area contributed by atoms with Crippen molar-refractivity contribution in [2.24, 2.45) is 0 Å². The maximum absolute atomic E-state index is 12.3. The lowest BCUT2D eigenvalue weighted by atomic mass is 10.2. The molecule has 0 saturated heterocycles. The highest BCUT2D eigenvalue weighted by atomic mass is 16.5. The van der Waals surface area contributed by atoms with E-state index in [4.69, 9.17) is 4.74 Å². The number of aromatic nitrogens is 1. The van der Waals surface area contributed by atoms with Crippen LogP contribution in [0.4, 0.5) is 5.69 Å². The van der Waals surface area contributed by atoms with Gasteiger partial charge in [0.15, 0.2) is 0 Å². The standard InChI is InChI=1S/C15H23N3O2/c1-3-7-17-14-6-8-16-10-13(14)15(19)18-11-4-5-12(9-11)20-2/h6,8,10-12H,3-5,7,9H2,1-2H3,(H,16,17)(H,18,19). The molecule has 110 valence electrons. The fourth-order valence-electron chi connectivity index (χ4n) is 2.54. The molecule has 0 spiro atoms. The van der Waals surface area contributed by atoms with Crippen LogP contribution in [-0.2, 0) is 4.74 Å². The highest BCUT2D eigenvalue weighted by Crippen LogP contribution is 2.22. The number of nitrogens with one attached hydrogen (secondary N) is 2. The van der Waals surface area contributed by atoms with Crippen LogP contribution in [0.2, 0.25) is 0 Å². The van der Waals surface area contributed by atoms with E-state index in [9.17, 15) is 4.79 Å². The first-order valence-electron chi connectivity index (χ1n) is 7.26. The monoisotopic (exact) mass is 277 g/mol. The zero-order chi connectivity index (χ0) is 14.4. The average molecular weight is 277 g/mol. The number of pyridine rings is 1. The van der Waals surface area contributed by atoms with Crippen molar-refractivity contribution in [1.82, 2.24) is 10.3 Å². The third-order valence-electron chi connectivity index (χ3n) is 3.68. The van der Waals surface area contributed by atoms with Crippen molar-refractivity contribution < 1.29 is 9.53 Å². The van der Waals surface area contributed by atoms with Gasteiger partial charge in [-0.15, -0.1) is 0 Å². The number of rotatable bonds is 6. The Morgan fingerprint density at radius 1 is 1.50 bits per heavy atom. The maximum Gasteiger partial charge on any atom is 0.255 e. The van der Waals surface area contributed by atoms with E-state index < -0.39 is 0 Å². The van der Waals surface area contributed by atoms with Gasteiger partial charge in [-0.25, -0.2) is 0 Å². The first-order valence-corrected chi connectivity index (χ1v) is 7.26. The first kappa shape index (κ1) is 14.8. The molecule has 1 aromatic heterocycles. The largest absolute Gasteiger partial charge is 0.384 e. The van der Waals surface area contributed by atoms with Crippen LogP contribution in [0, 0.1) is 0 Å². The molecule has 1 aromatic rings. The molecular weight excluding hydrogens is 254 g/mol. The average Bonchev–Trinajstić information content (AvgIpc) is 2.93. The summed E-state index contributed by atoms with van der Waals surface area (Å²) in [6, 6.07) is 2.05. The number of methoxy groups -OCH3 is 1. The Bertz CT molecular complexity index is 450. The Hall–Kier alpha value is -1.62. The van der Waals surface area contributed by atoms with Gasteiger partial charge >= 0.3 is 0 Å².